The molecule has 0 radical (unpaired) electrons. The van der Waals surface area contributed by atoms with Gasteiger partial charge in [0.05, 0.1) is 5.92 Å². The Kier molecular flexibility index (Phi) is 6.66. The lowest BCUT2D eigenvalue weighted by Gasteiger charge is -2.30. The number of carbonyl (C=O) groups excluding carboxylic acids is 1. The number of halogens is 1. The van der Waals surface area contributed by atoms with Crippen molar-refractivity contribution in [2.75, 3.05) is 18.4 Å². The van der Waals surface area contributed by atoms with Crippen LogP contribution < -0.4 is 5.32 Å². The third-order valence-corrected chi connectivity index (χ3v) is 8.91. The van der Waals surface area contributed by atoms with Crippen LogP contribution in [0.1, 0.15) is 31.2 Å². The van der Waals surface area contributed by atoms with Gasteiger partial charge >= 0.3 is 0 Å². The lowest BCUT2D eigenvalue weighted by Crippen LogP contribution is -2.43. The molecule has 8 nitrogen and oxygen atoms in total. The fraction of sp³-hybridized carbons (Fsp3) is 0.381. The Labute approximate surface area is 195 Å². The SMILES string of the molecule is CCc1nc(-c2csc(S(=O)(=O)N3CCC[C@@H](C(=O)Nc4ccc(Cl)cc4C)C3)c2)no1. The van der Waals surface area contributed by atoms with E-state index >= 15 is 0 Å². The Morgan fingerprint density at radius 2 is 2.19 bits per heavy atom. The molecule has 0 unspecified atom stereocenters. The molecular weight excluding hydrogens is 472 g/mol. The van der Waals surface area contributed by atoms with E-state index in [0.717, 1.165) is 16.9 Å². The van der Waals surface area contributed by atoms with Gasteiger partial charge in [-0.3, -0.25) is 4.79 Å². The second kappa shape index (κ2) is 9.30. The monoisotopic (exact) mass is 494 g/mol. The van der Waals surface area contributed by atoms with E-state index in [9.17, 15) is 13.2 Å². The molecule has 2 aromatic heterocycles. The Morgan fingerprint density at radius 1 is 1.38 bits per heavy atom. The number of rotatable bonds is 6. The van der Waals surface area contributed by atoms with Gasteiger partial charge in [0.1, 0.15) is 4.21 Å². The van der Waals surface area contributed by atoms with Crippen LogP contribution in [0.2, 0.25) is 5.02 Å². The number of benzene rings is 1. The van der Waals surface area contributed by atoms with Crippen LogP contribution in [-0.4, -0.2) is 41.9 Å². The summed E-state index contributed by atoms with van der Waals surface area (Å²) in [6.07, 6.45) is 1.84. The van der Waals surface area contributed by atoms with Crippen molar-refractivity contribution in [3.63, 3.8) is 0 Å². The lowest BCUT2D eigenvalue weighted by atomic mass is 9.98. The van der Waals surface area contributed by atoms with Gasteiger partial charge < -0.3 is 9.84 Å². The van der Waals surface area contributed by atoms with Gasteiger partial charge in [0.25, 0.3) is 10.0 Å². The summed E-state index contributed by atoms with van der Waals surface area (Å²) in [4.78, 5) is 17.1. The Balaban J connectivity index is 1.48. The van der Waals surface area contributed by atoms with E-state index in [-0.39, 0.29) is 16.7 Å². The molecular formula is C21H23ClN4O4S2. The minimum Gasteiger partial charge on any atom is -0.339 e. The predicted octanol–water partition coefficient (Wildman–Crippen LogP) is 4.36. The van der Waals surface area contributed by atoms with E-state index in [1.165, 1.54) is 4.31 Å². The number of thiophene rings is 1. The summed E-state index contributed by atoms with van der Waals surface area (Å²) in [5, 5.41) is 9.11. The summed E-state index contributed by atoms with van der Waals surface area (Å²) in [6.45, 7) is 4.27. The van der Waals surface area contributed by atoms with E-state index in [2.05, 4.69) is 15.5 Å². The number of aromatic nitrogens is 2. The standard InChI is InChI=1S/C21H23ClN4O4S2/c1-3-18-24-20(25-30-18)15-10-19(31-12-15)32(28,29)26-8-4-5-14(11-26)21(27)23-17-7-6-16(22)9-13(17)2/h6-7,9-10,12,14H,3-5,8,11H2,1-2H3,(H,23,27)/t14-/m1/s1. The fourth-order valence-electron chi connectivity index (χ4n) is 3.59. The van der Waals surface area contributed by atoms with Crippen LogP contribution in [0.4, 0.5) is 5.69 Å². The molecule has 0 aliphatic carbocycles. The molecule has 1 atom stereocenters. The molecule has 1 aromatic carbocycles. The highest BCUT2D eigenvalue weighted by Crippen LogP contribution is 2.31. The minimum atomic E-state index is -3.73. The molecule has 1 aliphatic rings. The second-order valence-corrected chi connectivity index (χ2v) is 11.2. The maximum atomic E-state index is 13.2. The van der Waals surface area contributed by atoms with Gasteiger partial charge in [0, 0.05) is 41.2 Å². The van der Waals surface area contributed by atoms with Gasteiger partial charge in [0.15, 0.2) is 0 Å². The Bertz CT molecular complexity index is 1240. The zero-order valence-corrected chi connectivity index (χ0v) is 20.1. The summed E-state index contributed by atoms with van der Waals surface area (Å²) in [5.74, 6) is 0.239. The zero-order chi connectivity index (χ0) is 22.9. The summed E-state index contributed by atoms with van der Waals surface area (Å²) in [7, 11) is -3.73. The molecule has 1 aliphatic heterocycles. The highest BCUT2D eigenvalue weighted by molar-refractivity contribution is 7.91. The number of hydrogen-bond acceptors (Lipinski definition) is 7. The summed E-state index contributed by atoms with van der Waals surface area (Å²) in [6, 6.07) is 6.80. The number of sulfonamides is 1. The maximum Gasteiger partial charge on any atom is 0.252 e. The Hall–Kier alpha value is -2.27. The third-order valence-electron chi connectivity index (χ3n) is 5.40. The molecule has 11 heteroatoms. The molecule has 170 valence electrons. The molecule has 32 heavy (non-hydrogen) atoms. The summed E-state index contributed by atoms with van der Waals surface area (Å²) >= 11 is 7.09. The van der Waals surface area contributed by atoms with Crippen LogP contribution in [0.5, 0.6) is 0 Å². The highest BCUT2D eigenvalue weighted by atomic mass is 35.5. The lowest BCUT2D eigenvalue weighted by molar-refractivity contribution is -0.120. The fourth-order valence-corrected chi connectivity index (χ4v) is 6.65. The number of piperidine rings is 1. The number of hydrogen-bond donors (Lipinski definition) is 1. The van der Waals surface area contributed by atoms with Crippen molar-refractivity contribution in [3.05, 3.63) is 46.1 Å². The largest absolute Gasteiger partial charge is 0.339 e. The molecule has 1 fully saturated rings. The number of amides is 1. The van der Waals surface area contributed by atoms with E-state index in [4.69, 9.17) is 16.1 Å². The van der Waals surface area contributed by atoms with Gasteiger partial charge in [-0.2, -0.15) is 9.29 Å². The van der Waals surface area contributed by atoms with Gasteiger partial charge in [-0.15, -0.1) is 11.3 Å². The molecule has 1 saturated heterocycles. The van der Waals surface area contributed by atoms with Crippen molar-refractivity contribution in [1.82, 2.24) is 14.4 Å². The number of anilines is 1. The summed E-state index contributed by atoms with van der Waals surface area (Å²) in [5.41, 5.74) is 2.13. The number of carbonyl (C=O) groups is 1. The van der Waals surface area contributed by atoms with Crippen LogP contribution >= 0.6 is 22.9 Å². The first kappa shape index (κ1) is 22.9. The van der Waals surface area contributed by atoms with Crippen molar-refractivity contribution in [1.29, 1.82) is 0 Å². The first-order valence-corrected chi connectivity index (χ1v) is 13.0. The summed E-state index contributed by atoms with van der Waals surface area (Å²) < 4.78 is 33.2. The highest BCUT2D eigenvalue weighted by Gasteiger charge is 2.34. The van der Waals surface area contributed by atoms with Gasteiger partial charge in [-0.25, -0.2) is 8.42 Å². The zero-order valence-electron chi connectivity index (χ0n) is 17.7. The maximum absolute atomic E-state index is 13.2. The molecule has 3 heterocycles. The molecule has 4 rings (SSSR count). The van der Waals surface area contributed by atoms with E-state index in [1.54, 1.807) is 29.6 Å². The average Bonchev–Trinajstić information content (AvgIpc) is 3.45. The predicted molar refractivity (Wildman–Crippen MR) is 123 cm³/mol. The number of aryl methyl sites for hydroxylation is 2. The first-order valence-electron chi connectivity index (χ1n) is 10.3. The van der Waals surface area contributed by atoms with Crippen molar-refractivity contribution < 1.29 is 17.7 Å². The topological polar surface area (TPSA) is 105 Å². The smallest absolute Gasteiger partial charge is 0.252 e. The van der Waals surface area contributed by atoms with Gasteiger partial charge in [0.2, 0.25) is 17.6 Å². The molecule has 0 spiro atoms. The minimum absolute atomic E-state index is 0.135. The van der Waals surface area contributed by atoms with Crippen molar-refractivity contribution in [3.8, 4) is 11.4 Å². The molecule has 1 amide bonds. The van der Waals surface area contributed by atoms with E-state index in [0.29, 0.717) is 53.8 Å². The van der Waals surface area contributed by atoms with Crippen molar-refractivity contribution in [2.24, 2.45) is 5.92 Å². The number of nitrogens with one attached hydrogen (secondary N) is 1. The van der Waals surface area contributed by atoms with Crippen LogP contribution in [-0.2, 0) is 21.2 Å². The van der Waals surface area contributed by atoms with Crippen LogP contribution in [0.15, 0.2) is 38.4 Å². The molecule has 0 bridgehead atoms. The molecule has 0 saturated carbocycles. The van der Waals surface area contributed by atoms with Crippen molar-refractivity contribution >= 4 is 44.6 Å². The third kappa shape index (κ3) is 4.73. The van der Waals surface area contributed by atoms with E-state index in [1.807, 2.05) is 13.8 Å². The van der Waals surface area contributed by atoms with Gasteiger partial charge in [-0.05, 0) is 49.6 Å². The van der Waals surface area contributed by atoms with Gasteiger partial charge in [-0.1, -0.05) is 23.7 Å². The van der Waals surface area contributed by atoms with Crippen LogP contribution in [0.25, 0.3) is 11.4 Å². The van der Waals surface area contributed by atoms with E-state index < -0.39 is 15.9 Å². The first-order chi connectivity index (χ1) is 15.3. The average molecular weight is 495 g/mol. The van der Waals surface area contributed by atoms with Crippen LogP contribution in [0, 0.1) is 12.8 Å². The quantitative estimate of drug-likeness (QED) is 0.545. The normalized spacial score (nSPS) is 17.4. The number of nitrogens with zero attached hydrogens (tertiary/aromatic N) is 3. The van der Waals surface area contributed by atoms with Crippen LogP contribution in [0.3, 0.4) is 0 Å². The molecule has 1 N–H and O–H groups in total. The second-order valence-electron chi connectivity index (χ2n) is 7.67. The molecule has 3 aromatic rings. The Morgan fingerprint density at radius 3 is 2.91 bits per heavy atom. The van der Waals surface area contributed by atoms with Crippen molar-refractivity contribution in [2.45, 2.75) is 37.3 Å².